The first kappa shape index (κ1) is 15.1. The van der Waals surface area contributed by atoms with E-state index in [0.717, 1.165) is 26.1 Å². The first-order valence-electron chi connectivity index (χ1n) is 6.54. The average molecular weight is 257 g/mol. The number of carbonyl (C=O) groups is 2. The molecule has 0 N–H and O–H groups in total. The molecule has 1 fully saturated rings. The quantitative estimate of drug-likeness (QED) is 0.604. The molecule has 0 radical (unpaired) electrons. The van der Waals surface area contributed by atoms with Gasteiger partial charge in [0.1, 0.15) is 5.78 Å². The minimum Gasteiger partial charge on any atom is -0.466 e. The maximum atomic E-state index is 11.7. The molecule has 1 aliphatic heterocycles. The van der Waals surface area contributed by atoms with Crippen molar-refractivity contribution in [2.75, 3.05) is 40.0 Å². The largest absolute Gasteiger partial charge is 0.466 e. The molecule has 1 aliphatic rings. The number of hydrogen-bond donors (Lipinski definition) is 0. The van der Waals surface area contributed by atoms with E-state index in [4.69, 9.17) is 9.47 Å². The summed E-state index contributed by atoms with van der Waals surface area (Å²) >= 11 is 0. The van der Waals surface area contributed by atoms with Gasteiger partial charge in [0, 0.05) is 20.1 Å². The van der Waals surface area contributed by atoms with Gasteiger partial charge < -0.3 is 9.47 Å². The molecular weight excluding hydrogens is 234 g/mol. The van der Waals surface area contributed by atoms with Crippen molar-refractivity contribution in [2.45, 2.75) is 26.2 Å². The van der Waals surface area contributed by atoms with Crippen molar-refractivity contribution in [1.29, 1.82) is 0 Å². The van der Waals surface area contributed by atoms with Crippen LogP contribution in [0.1, 0.15) is 26.2 Å². The molecule has 0 spiro atoms. The number of carbonyl (C=O) groups excluding carboxylic acids is 2. The summed E-state index contributed by atoms with van der Waals surface area (Å²) in [7, 11) is 1.70. The van der Waals surface area contributed by atoms with Crippen LogP contribution in [-0.2, 0) is 19.1 Å². The molecule has 0 amide bonds. The Hall–Kier alpha value is -0.940. The predicted octanol–water partition coefficient (Wildman–Crippen LogP) is 0.867. The Balaban J connectivity index is 2.15. The lowest BCUT2D eigenvalue weighted by atomic mass is 10.1. The summed E-state index contributed by atoms with van der Waals surface area (Å²) in [5, 5.41) is 0. The normalized spacial score (nSPS) is 20.0. The van der Waals surface area contributed by atoms with Crippen molar-refractivity contribution >= 4 is 11.8 Å². The van der Waals surface area contributed by atoms with Gasteiger partial charge in [-0.25, -0.2) is 0 Å². The van der Waals surface area contributed by atoms with Gasteiger partial charge in [-0.1, -0.05) is 0 Å². The van der Waals surface area contributed by atoms with Crippen LogP contribution >= 0.6 is 0 Å². The Labute approximate surface area is 108 Å². The Kier molecular flexibility index (Phi) is 6.90. The highest BCUT2D eigenvalue weighted by Gasteiger charge is 2.23. The standard InChI is InChI=1S/C13H23NO4/c1-3-18-13(16)5-4-12(15)9-14-7-6-11(8-14)10-17-2/h11H,3-10H2,1-2H3. The van der Waals surface area contributed by atoms with Crippen molar-refractivity contribution in [3.63, 3.8) is 0 Å². The molecule has 1 saturated heterocycles. The van der Waals surface area contributed by atoms with Gasteiger partial charge in [0.05, 0.1) is 26.2 Å². The Morgan fingerprint density at radius 1 is 1.33 bits per heavy atom. The summed E-state index contributed by atoms with van der Waals surface area (Å²) in [6.45, 7) is 5.20. The van der Waals surface area contributed by atoms with Crippen LogP contribution in [0, 0.1) is 5.92 Å². The number of Topliss-reactive ketones (excluding diaryl/α,β-unsaturated/α-hetero) is 1. The lowest BCUT2D eigenvalue weighted by Gasteiger charge is -2.14. The molecule has 5 nitrogen and oxygen atoms in total. The van der Waals surface area contributed by atoms with E-state index in [-0.39, 0.29) is 24.6 Å². The molecule has 1 atom stereocenters. The fourth-order valence-corrected chi connectivity index (χ4v) is 2.23. The second-order valence-corrected chi connectivity index (χ2v) is 4.69. The number of nitrogens with zero attached hydrogens (tertiary/aromatic N) is 1. The number of ether oxygens (including phenoxy) is 2. The van der Waals surface area contributed by atoms with E-state index < -0.39 is 0 Å². The second-order valence-electron chi connectivity index (χ2n) is 4.69. The van der Waals surface area contributed by atoms with Crippen molar-refractivity contribution < 1.29 is 19.1 Å². The molecule has 0 aromatic rings. The van der Waals surface area contributed by atoms with Crippen LogP contribution in [0.4, 0.5) is 0 Å². The number of hydrogen-bond acceptors (Lipinski definition) is 5. The topological polar surface area (TPSA) is 55.8 Å². The molecule has 1 unspecified atom stereocenters. The minimum absolute atomic E-state index is 0.112. The molecule has 0 aliphatic carbocycles. The highest BCUT2D eigenvalue weighted by molar-refractivity contribution is 5.84. The van der Waals surface area contributed by atoms with Gasteiger partial charge in [-0.05, 0) is 25.8 Å². The van der Waals surface area contributed by atoms with Crippen LogP contribution in [0.5, 0.6) is 0 Å². The van der Waals surface area contributed by atoms with Crippen LogP contribution in [0.15, 0.2) is 0 Å². The Bertz CT molecular complexity index is 280. The van der Waals surface area contributed by atoms with Crippen LogP contribution < -0.4 is 0 Å². The third-order valence-corrected chi connectivity index (χ3v) is 3.09. The molecule has 1 rings (SSSR count). The van der Waals surface area contributed by atoms with E-state index in [1.165, 1.54) is 0 Å². The smallest absolute Gasteiger partial charge is 0.306 e. The second kappa shape index (κ2) is 8.21. The van der Waals surface area contributed by atoms with Gasteiger partial charge in [0.2, 0.25) is 0 Å². The molecule has 5 heteroatoms. The summed E-state index contributed by atoms with van der Waals surface area (Å²) in [6, 6.07) is 0. The molecule has 18 heavy (non-hydrogen) atoms. The highest BCUT2D eigenvalue weighted by Crippen LogP contribution is 2.16. The summed E-state index contributed by atoms with van der Waals surface area (Å²) in [4.78, 5) is 24.9. The SMILES string of the molecule is CCOC(=O)CCC(=O)CN1CCC(COC)C1. The van der Waals surface area contributed by atoms with E-state index in [1.54, 1.807) is 14.0 Å². The number of methoxy groups -OCH3 is 1. The van der Waals surface area contributed by atoms with Gasteiger partial charge in [-0.15, -0.1) is 0 Å². The highest BCUT2D eigenvalue weighted by atomic mass is 16.5. The van der Waals surface area contributed by atoms with Crippen LogP contribution in [-0.4, -0.2) is 56.6 Å². The minimum atomic E-state index is -0.287. The lowest BCUT2D eigenvalue weighted by molar-refractivity contribution is -0.144. The van der Waals surface area contributed by atoms with E-state index in [1.807, 2.05) is 0 Å². The van der Waals surface area contributed by atoms with Gasteiger partial charge >= 0.3 is 5.97 Å². The lowest BCUT2D eigenvalue weighted by Crippen LogP contribution is -2.28. The van der Waals surface area contributed by atoms with E-state index in [2.05, 4.69) is 4.90 Å². The summed E-state index contributed by atoms with van der Waals surface area (Å²) in [6.07, 6.45) is 1.56. The fourth-order valence-electron chi connectivity index (χ4n) is 2.23. The molecule has 0 saturated carbocycles. The van der Waals surface area contributed by atoms with E-state index >= 15 is 0 Å². The maximum absolute atomic E-state index is 11.7. The zero-order valence-corrected chi connectivity index (χ0v) is 11.3. The summed E-state index contributed by atoms with van der Waals surface area (Å²) in [5.41, 5.74) is 0. The Morgan fingerprint density at radius 3 is 2.78 bits per heavy atom. The van der Waals surface area contributed by atoms with E-state index in [9.17, 15) is 9.59 Å². The number of esters is 1. The van der Waals surface area contributed by atoms with Crippen LogP contribution in [0.3, 0.4) is 0 Å². The monoisotopic (exact) mass is 257 g/mol. The molecule has 0 aromatic carbocycles. The first-order valence-corrected chi connectivity index (χ1v) is 6.54. The van der Waals surface area contributed by atoms with Crippen molar-refractivity contribution in [2.24, 2.45) is 5.92 Å². The Morgan fingerprint density at radius 2 is 2.11 bits per heavy atom. The molecule has 1 heterocycles. The van der Waals surface area contributed by atoms with Gasteiger partial charge in [-0.2, -0.15) is 0 Å². The molecule has 104 valence electrons. The van der Waals surface area contributed by atoms with Crippen molar-refractivity contribution in [3.8, 4) is 0 Å². The first-order chi connectivity index (χ1) is 8.65. The fraction of sp³-hybridized carbons (Fsp3) is 0.846. The van der Waals surface area contributed by atoms with Crippen molar-refractivity contribution in [3.05, 3.63) is 0 Å². The average Bonchev–Trinajstić information content (AvgIpc) is 2.75. The summed E-state index contributed by atoms with van der Waals surface area (Å²) < 4.78 is 9.90. The van der Waals surface area contributed by atoms with Crippen molar-refractivity contribution in [1.82, 2.24) is 4.90 Å². The third kappa shape index (κ3) is 5.60. The number of ketones is 1. The van der Waals surface area contributed by atoms with Gasteiger partial charge in [0.15, 0.2) is 0 Å². The zero-order valence-electron chi connectivity index (χ0n) is 11.3. The molecule has 0 aromatic heterocycles. The zero-order chi connectivity index (χ0) is 13.4. The predicted molar refractivity (Wildman–Crippen MR) is 67.3 cm³/mol. The number of likely N-dealkylation sites (tertiary alicyclic amines) is 1. The van der Waals surface area contributed by atoms with Gasteiger partial charge in [0.25, 0.3) is 0 Å². The van der Waals surface area contributed by atoms with Gasteiger partial charge in [-0.3, -0.25) is 14.5 Å². The number of rotatable bonds is 8. The molecular formula is C13H23NO4. The van der Waals surface area contributed by atoms with Crippen LogP contribution in [0.2, 0.25) is 0 Å². The summed E-state index contributed by atoms with van der Waals surface area (Å²) in [5.74, 6) is 0.360. The molecule has 0 bridgehead atoms. The maximum Gasteiger partial charge on any atom is 0.306 e. The third-order valence-electron chi connectivity index (χ3n) is 3.09. The van der Waals surface area contributed by atoms with Crippen LogP contribution in [0.25, 0.3) is 0 Å². The van der Waals surface area contributed by atoms with E-state index in [0.29, 0.717) is 19.1 Å².